The minimum absolute atomic E-state index is 0.204. The zero-order chi connectivity index (χ0) is 14.4. The molecule has 20 heavy (non-hydrogen) atoms. The molecule has 1 saturated heterocycles. The second-order valence-electron chi connectivity index (χ2n) is 4.65. The van der Waals surface area contributed by atoms with Gasteiger partial charge in [-0.3, -0.25) is 0 Å². The van der Waals surface area contributed by atoms with E-state index in [1.165, 1.54) is 17.3 Å². The normalized spacial score (nSPS) is 20.9. The molecule has 1 fully saturated rings. The Balaban J connectivity index is 1.80. The zero-order valence-corrected chi connectivity index (χ0v) is 13.0. The van der Waals surface area contributed by atoms with Gasteiger partial charge < -0.3 is 10.1 Å². The maximum Gasteiger partial charge on any atom is 0.387 e. The van der Waals surface area contributed by atoms with Crippen LogP contribution in [-0.2, 0) is 0 Å². The Morgan fingerprint density at radius 3 is 2.65 bits per heavy atom. The average molecular weight is 319 g/mol. The highest BCUT2D eigenvalue weighted by Gasteiger charge is 2.15. The largest absolute Gasteiger partial charge is 0.435 e. The Labute approximate surface area is 127 Å². The molecule has 1 aliphatic rings. The van der Waals surface area contributed by atoms with Gasteiger partial charge in [-0.1, -0.05) is 12.1 Å². The topological polar surface area (TPSA) is 21.3 Å². The molecule has 0 saturated carbocycles. The van der Waals surface area contributed by atoms with Gasteiger partial charge in [-0.2, -0.15) is 32.3 Å². The molecular weight excluding hydrogens is 300 g/mol. The first-order chi connectivity index (χ1) is 9.65. The summed E-state index contributed by atoms with van der Waals surface area (Å²) in [4.78, 5) is 0. The highest BCUT2D eigenvalue weighted by molar-refractivity contribution is 8.06. The lowest BCUT2D eigenvalue weighted by Gasteiger charge is -2.23. The van der Waals surface area contributed by atoms with E-state index in [0.717, 1.165) is 12.1 Å². The predicted molar refractivity (Wildman–Crippen MR) is 83.1 cm³/mol. The third-order valence-electron chi connectivity index (χ3n) is 3.14. The Bertz CT molecular complexity index is 397. The van der Waals surface area contributed by atoms with Crippen molar-refractivity contribution in [3.8, 4) is 5.75 Å². The van der Waals surface area contributed by atoms with Crippen LogP contribution in [0.1, 0.15) is 18.5 Å². The third-order valence-corrected chi connectivity index (χ3v) is 5.99. The molecule has 0 radical (unpaired) electrons. The van der Waals surface area contributed by atoms with E-state index < -0.39 is 6.61 Å². The number of hydrogen-bond acceptors (Lipinski definition) is 4. The molecular formula is C14H19F2NOS2. The van der Waals surface area contributed by atoms with Crippen molar-refractivity contribution in [2.24, 2.45) is 0 Å². The number of alkyl halides is 2. The summed E-state index contributed by atoms with van der Waals surface area (Å²) in [6, 6.07) is 7.05. The summed E-state index contributed by atoms with van der Waals surface area (Å²) in [7, 11) is 0. The van der Waals surface area contributed by atoms with Crippen LogP contribution in [0, 0.1) is 0 Å². The van der Waals surface area contributed by atoms with Crippen LogP contribution in [0.2, 0.25) is 0 Å². The van der Waals surface area contributed by atoms with Gasteiger partial charge in [0.05, 0.1) is 0 Å². The molecule has 0 spiro atoms. The van der Waals surface area contributed by atoms with Crippen molar-refractivity contribution in [1.82, 2.24) is 5.32 Å². The predicted octanol–water partition coefficient (Wildman–Crippen LogP) is 3.79. The molecule has 1 N–H and O–H groups in total. The van der Waals surface area contributed by atoms with Gasteiger partial charge in [0, 0.05) is 35.1 Å². The summed E-state index contributed by atoms with van der Waals surface area (Å²) in [5, 5.41) is 4.17. The minimum atomic E-state index is -2.77. The van der Waals surface area contributed by atoms with Gasteiger partial charge in [0.15, 0.2) is 0 Å². The molecule has 1 aromatic rings. The first-order valence-electron chi connectivity index (χ1n) is 6.62. The van der Waals surface area contributed by atoms with E-state index in [4.69, 9.17) is 0 Å². The van der Waals surface area contributed by atoms with Crippen molar-refractivity contribution in [3.63, 3.8) is 0 Å². The molecule has 6 heteroatoms. The van der Waals surface area contributed by atoms with Crippen LogP contribution in [0.25, 0.3) is 0 Å². The molecule has 2 atom stereocenters. The fourth-order valence-electron chi connectivity index (χ4n) is 2.02. The fourth-order valence-corrected chi connectivity index (χ4v) is 4.64. The standard InChI is InChI=1S/C14H19F2NOS2/c1-10(17-8-13-9-19-6-7-20-13)11-2-4-12(5-3-11)18-14(15)16/h2-5,10,13-14,17H,6-9H2,1H3. The van der Waals surface area contributed by atoms with Gasteiger partial charge in [0.1, 0.15) is 5.75 Å². The molecule has 0 bridgehead atoms. The number of nitrogens with one attached hydrogen (secondary N) is 1. The van der Waals surface area contributed by atoms with Crippen molar-refractivity contribution in [2.75, 3.05) is 23.8 Å². The summed E-state index contributed by atoms with van der Waals surface area (Å²) in [5.74, 6) is 3.88. The molecule has 1 aromatic carbocycles. The fraction of sp³-hybridized carbons (Fsp3) is 0.571. The van der Waals surface area contributed by atoms with Crippen LogP contribution >= 0.6 is 23.5 Å². The van der Waals surface area contributed by atoms with Crippen molar-refractivity contribution in [3.05, 3.63) is 29.8 Å². The Hall–Kier alpha value is -0.460. The quantitative estimate of drug-likeness (QED) is 0.861. The Morgan fingerprint density at radius 2 is 2.05 bits per heavy atom. The third kappa shape index (κ3) is 5.14. The molecule has 2 nitrogen and oxygen atoms in total. The van der Waals surface area contributed by atoms with E-state index in [1.807, 2.05) is 35.7 Å². The molecule has 2 rings (SSSR count). The number of rotatable bonds is 6. The molecule has 1 heterocycles. The lowest BCUT2D eigenvalue weighted by Crippen LogP contribution is -2.30. The summed E-state index contributed by atoms with van der Waals surface area (Å²) < 4.78 is 28.5. The highest BCUT2D eigenvalue weighted by atomic mass is 32.2. The van der Waals surface area contributed by atoms with Crippen molar-refractivity contribution < 1.29 is 13.5 Å². The SMILES string of the molecule is CC(NCC1CSCCS1)c1ccc(OC(F)F)cc1. The zero-order valence-electron chi connectivity index (χ0n) is 11.4. The Kier molecular flexibility index (Phi) is 6.45. The first-order valence-corrected chi connectivity index (χ1v) is 8.83. The Morgan fingerprint density at radius 1 is 1.30 bits per heavy atom. The maximum atomic E-state index is 12.1. The number of ether oxygens (including phenoxy) is 1. The van der Waals surface area contributed by atoms with Crippen LogP contribution in [0.4, 0.5) is 8.78 Å². The van der Waals surface area contributed by atoms with Crippen LogP contribution in [0.3, 0.4) is 0 Å². The van der Waals surface area contributed by atoms with Gasteiger partial charge in [-0.15, -0.1) is 0 Å². The number of halogens is 2. The van der Waals surface area contributed by atoms with E-state index in [0.29, 0.717) is 5.25 Å². The van der Waals surface area contributed by atoms with Crippen molar-refractivity contribution >= 4 is 23.5 Å². The summed E-state index contributed by atoms with van der Waals surface area (Å²) >= 11 is 4.03. The molecule has 2 unspecified atom stereocenters. The van der Waals surface area contributed by atoms with Gasteiger partial charge in [-0.05, 0) is 24.6 Å². The van der Waals surface area contributed by atoms with Crippen molar-refractivity contribution in [1.29, 1.82) is 0 Å². The number of hydrogen-bond donors (Lipinski definition) is 1. The number of benzene rings is 1. The van der Waals surface area contributed by atoms with E-state index in [-0.39, 0.29) is 11.8 Å². The minimum Gasteiger partial charge on any atom is -0.435 e. The second kappa shape index (κ2) is 8.10. The maximum absolute atomic E-state index is 12.1. The molecule has 0 amide bonds. The van der Waals surface area contributed by atoms with Gasteiger partial charge in [0.25, 0.3) is 0 Å². The molecule has 0 aromatic heterocycles. The smallest absolute Gasteiger partial charge is 0.387 e. The monoisotopic (exact) mass is 319 g/mol. The van der Waals surface area contributed by atoms with Crippen LogP contribution in [0.15, 0.2) is 24.3 Å². The second-order valence-corrected chi connectivity index (χ2v) is 7.20. The van der Waals surface area contributed by atoms with Crippen molar-refractivity contribution in [2.45, 2.75) is 24.8 Å². The van der Waals surface area contributed by atoms with Gasteiger partial charge >= 0.3 is 6.61 Å². The van der Waals surface area contributed by atoms with E-state index in [2.05, 4.69) is 17.0 Å². The summed E-state index contributed by atoms with van der Waals surface area (Å²) in [6.07, 6.45) is 0. The van der Waals surface area contributed by atoms with Gasteiger partial charge in [-0.25, -0.2) is 0 Å². The van der Waals surface area contributed by atoms with E-state index in [1.54, 1.807) is 12.1 Å². The average Bonchev–Trinajstić information content (AvgIpc) is 2.46. The van der Waals surface area contributed by atoms with Gasteiger partial charge in [0.2, 0.25) is 0 Å². The summed E-state index contributed by atoms with van der Waals surface area (Å²) in [6.45, 7) is 0.301. The van der Waals surface area contributed by atoms with E-state index >= 15 is 0 Å². The first kappa shape index (κ1) is 15.9. The molecule has 112 valence electrons. The molecule has 0 aliphatic carbocycles. The van der Waals surface area contributed by atoms with Crippen LogP contribution in [0.5, 0.6) is 5.75 Å². The lowest BCUT2D eigenvalue weighted by molar-refractivity contribution is -0.0498. The van der Waals surface area contributed by atoms with E-state index in [9.17, 15) is 8.78 Å². The number of thioether (sulfide) groups is 2. The molecule has 1 aliphatic heterocycles. The lowest BCUT2D eigenvalue weighted by atomic mass is 10.1. The van der Waals surface area contributed by atoms with Crippen LogP contribution < -0.4 is 10.1 Å². The van der Waals surface area contributed by atoms with Crippen LogP contribution in [-0.4, -0.2) is 35.7 Å². The highest BCUT2D eigenvalue weighted by Crippen LogP contribution is 2.24. The summed E-state index contributed by atoms with van der Waals surface area (Å²) in [5.41, 5.74) is 1.08.